The summed E-state index contributed by atoms with van der Waals surface area (Å²) in [5.41, 5.74) is -1.17. The van der Waals surface area contributed by atoms with Gasteiger partial charge in [0.25, 0.3) is 0 Å². The van der Waals surface area contributed by atoms with Gasteiger partial charge in [-0.2, -0.15) is 5.06 Å². The number of hydrogen-bond acceptors (Lipinski definition) is 7. The van der Waals surface area contributed by atoms with E-state index in [9.17, 15) is 9.36 Å². The van der Waals surface area contributed by atoms with Crippen LogP contribution >= 0.6 is 7.60 Å². The number of methoxy groups -OCH3 is 1. The summed E-state index contributed by atoms with van der Waals surface area (Å²) in [5.74, 6) is -1.14. The second-order valence-electron chi connectivity index (χ2n) is 4.42. The predicted molar refractivity (Wildman–Crippen MR) is 68.5 cm³/mol. The number of esters is 1. The lowest BCUT2D eigenvalue weighted by atomic mass is 10.0. The SMILES string of the molecule is CCOP(=O)(OCC)[C@@H]1C[C@@](C)(C(=O)OC)ON1C. The molecule has 1 saturated heterocycles. The second kappa shape index (κ2) is 6.33. The fourth-order valence-electron chi connectivity index (χ4n) is 2.11. The van der Waals surface area contributed by atoms with Gasteiger partial charge in [-0.05, 0) is 20.8 Å². The summed E-state index contributed by atoms with van der Waals surface area (Å²) in [6.45, 7) is 5.59. The number of rotatable bonds is 6. The van der Waals surface area contributed by atoms with Crippen molar-refractivity contribution in [2.75, 3.05) is 27.4 Å². The van der Waals surface area contributed by atoms with Crippen molar-refractivity contribution in [3.8, 4) is 0 Å². The van der Waals surface area contributed by atoms with E-state index in [1.165, 1.54) is 12.2 Å². The van der Waals surface area contributed by atoms with Crippen molar-refractivity contribution >= 4 is 13.6 Å². The summed E-state index contributed by atoms with van der Waals surface area (Å²) in [5, 5.41) is 1.36. The Balaban J connectivity index is 2.95. The topological polar surface area (TPSA) is 74.3 Å². The lowest BCUT2D eigenvalue weighted by Crippen LogP contribution is -2.36. The number of nitrogens with zero attached hydrogens (tertiary/aromatic N) is 1. The van der Waals surface area contributed by atoms with Gasteiger partial charge >= 0.3 is 13.6 Å². The highest BCUT2D eigenvalue weighted by molar-refractivity contribution is 7.54. The van der Waals surface area contributed by atoms with Crippen LogP contribution in [0.3, 0.4) is 0 Å². The largest absolute Gasteiger partial charge is 0.467 e. The van der Waals surface area contributed by atoms with Crippen molar-refractivity contribution < 1.29 is 28.0 Å². The van der Waals surface area contributed by atoms with Crippen molar-refractivity contribution in [3.05, 3.63) is 0 Å². The first kappa shape index (κ1) is 16.6. The van der Waals surface area contributed by atoms with E-state index in [0.29, 0.717) is 0 Å². The van der Waals surface area contributed by atoms with Crippen LogP contribution < -0.4 is 0 Å². The Bertz CT molecular complexity index is 366. The van der Waals surface area contributed by atoms with Crippen LogP contribution in [0.25, 0.3) is 0 Å². The summed E-state index contributed by atoms with van der Waals surface area (Å²) in [7, 11) is -0.473. The van der Waals surface area contributed by atoms with E-state index in [1.807, 2.05) is 0 Å². The van der Waals surface area contributed by atoms with Crippen molar-refractivity contribution in [1.82, 2.24) is 5.06 Å². The Labute approximate surface area is 113 Å². The van der Waals surface area contributed by atoms with Crippen LogP contribution in [-0.2, 0) is 28.0 Å². The molecule has 112 valence electrons. The third kappa shape index (κ3) is 3.35. The van der Waals surface area contributed by atoms with E-state index in [1.54, 1.807) is 27.8 Å². The molecule has 0 saturated carbocycles. The minimum absolute atomic E-state index is 0.188. The Morgan fingerprint density at radius 2 is 1.95 bits per heavy atom. The van der Waals surface area contributed by atoms with E-state index < -0.39 is 24.9 Å². The third-order valence-corrected chi connectivity index (χ3v) is 5.41. The molecule has 0 unspecified atom stereocenters. The van der Waals surface area contributed by atoms with Gasteiger partial charge in [0.2, 0.25) is 0 Å². The average Bonchev–Trinajstić information content (AvgIpc) is 2.66. The summed E-state index contributed by atoms with van der Waals surface area (Å²) < 4.78 is 28.0. The molecule has 0 spiro atoms. The van der Waals surface area contributed by atoms with Gasteiger partial charge in [-0.15, -0.1) is 0 Å². The molecule has 0 aliphatic carbocycles. The van der Waals surface area contributed by atoms with Crippen LogP contribution in [0.2, 0.25) is 0 Å². The highest BCUT2D eigenvalue weighted by Crippen LogP contribution is 2.58. The van der Waals surface area contributed by atoms with Crippen LogP contribution in [0.4, 0.5) is 0 Å². The van der Waals surface area contributed by atoms with Gasteiger partial charge in [-0.25, -0.2) is 4.79 Å². The van der Waals surface area contributed by atoms with Gasteiger partial charge in [-0.1, -0.05) is 0 Å². The molecule has 1 aliphatic rings. The van der Waals surface area contributed by atoms with Gasteiger partial charge in [0, 0.05) is 13.5 Å². The van der Waals surface area contributed by atoms with Gasteiger partial charge < -0.3 is 13.8 Å². The molecular formula is C11H22NO6P. The Morgan fingerprint density at radius 1 is 1.42 bits per heavy atom. The number of carbonyl (C=O) groups excluding carboxylic acids is 1. The maximum absolute atomic E-state index is 12.7. The lowest BCUT2D eigenvalue weighted by molar-refractivity contribution is -0.202. The van der Waals surface area contributed by atoms with Crippen LogP contribution in [0.1, 0.15) is 27.2 Å². The van der Waals surface area contributed by atoms with Crippen LogP contribution in [0.5, 0.6) is 0 Å². The van der Waals surface area contributed by atoms with E-state index in [4.69, 9.17) is 18.6 Å². The zero-order valence-corrected chi connectivity index (χ0v) is 12.9. The van der Waals surface area contributed by atoms with E-state index in [2.05, 4.69) is 0 Å². The van der Waals surface area contributed by atoms with Gasteiger partial charge in [0.15, 0.2) is 5.60 Å². The van der Waals surface area contributed by atoms with Crippen LogP contribution in [-0.4, -0.2) is 49.8 Å². The molecule has 7 nitrogen and oxygen atoms in total. The Morgan fingerprint density at radius 3 is 2.37 bits per heavy atom. The zero-order chi connectivity index (χ0) is 14.7. The molecule has 0 N–H and O–H groups in total. The molecule has 0 radical (unpaired) electrons. The summed E-state index contributed by atoms with van der Waals surface area (Å²) in [4.78, 5) is 17.2. The number of carbonyl (C=O) groups is 1. The first-order valence-corrected chi connectivity index (χ1v) is 7.83. The fourth-order valence-corrected chi connectivity index (χ4v) is 4.27. The van der Waals surface area contributed by atoms with Crippen molar-refractivity contribution in [3.63, 3.8) is 0 Å². The molecule has 0 aromatic carbocycles. The minimum atomic E-state index is -3.36. The molecule has 19 heavy (non-hydrogen) atoms. The van der Waals surface area contributed by atoms with Crippen LogP contribution in [0.15, 0.2) is 0 Å². The standard InChI is InChI=1S/C11H22NO6P/c1-6-16-19(14,17-7-2)9-8-11(3,10(13)15-5)18-12(9)4/h9H,6-8H2,1-5H3/t9-,11+/m1/s1. The third-order valence-electron chi connectivity index (χ3n) is 2.94. The van der Waals surface area contributed by atoms with E-state index in [-0.39, 0.29) is 19.6 Å². The zero-order valence-electron chi connectivity index (χ0n) is 12.0. The van der Waals surface area contributed by atoms with Gasteiger partial charge in [0.05, 0.1) is 20.3 Å². The number of ether oxygens (including phenoxy) is 1. The van der Waals surface area contributed by atoms with Crippen molar-refractivity contribution in [1.29, 1.82) is 0 Å². The molecule has 0 bridgehead atoms. The number of hydroxylamine groups is 2. The molecular weight excluding hydrogens is 273 g/mol. The summed E-state index contributed by atoms with van der Waals surface area (Å²) >= 11 is 0. The highest BCUT2D eigenvalue weighted by Gasteiger charge is 2.55. The monoisotopic (exact) mass is 295 g/mol. The first-order valence-electron chi connectivity index (χ1n) is 6.22. The molecule has 0 amide bonds. The lowest BCUT2D eigenvalue weighted by Gasteiger charge is -2.25. The Kier molecular flexibility index (Phi) is 5.53. The molecule has 1 heterocycles. The van der Waals surface area contributed by atoms with E-state index >= 15 is 0 Å². The highest BCUT2D eigenvalue weighted by atomic mass is 31.2. The molecule has 0 aromatic heterocycles. The van der Waals surface area contributed by atoms with Crippen LogP contribution in [0, 0.1) is 0 Å². The predicted octanol–water partition coefficient (Wildman–Crippen LogP) is 1.78. The van der Waals surface area contributed by atoms with E-state index in [0.717, 1.165) is 0 Å². The average molecular weight is 295 g/mol. The first-order chi connectivity index (χ1) is 8.83. The minimum Gasteiger partial charge on any atom is -0.467 e. The van der Waals surface area contributed by atoms with Crippen molar-refractivity contribution in [2.45, 2.75) is 38.6 Å². The molecule has 1 aliphatic heterocycles. The molecule has 8 heteroatoms. The molecule has 0 aromatic rings. The van der Waals surface area contributed by atoms with Gasteiger partial charge in [0.1, 0.15) is 5.78 Å². The summed E-state index contributed by atoms with van der Waals surface area (Å²) in [6.07, 6.45) is 0.188. The molecule has 1 rings (SSSR count). The van der Waals surface area contributed by atoms with Gasteiger partial charge in [-0.3, -0.25) is 9.40 Å². The smallest absolute Gasteiger partial charge is 0.350 e. The molecule has 2 atom stereocenters. The summed E-state index contributed by atoms with van der Waals surface area (Å²) in [6, 6.07) is 0. The number of hydrogen-bond donors (Lipinski definition) is 0. The quantitative estimate of drug-likeness (QED) is 0.546. The normalized spacial score (nSPS) is 28.6. The maximum atomic E-state index is 12.7. The maximum Gasteiger partial charge on any atom is 0.350 e. The van der Waals surface area contributed by atoms with Crippen molar-refractivity contribution in [2.24, 2.45) is 0 Å². The molecule has 1 fully saturated rings. The second-order valence-corrected chi connectivity index (χ2v) is 6.61. The fraction of sp³-hybridized carbons (Fsp3) is 0.909. The Hall–Kier alpha value is -0.460.